The van der Waals surface area contributed by atoms with Crippen molar-refractivity contribution in [1.82, 2.24) is 15.5 Å². The fourth-order valence-corrected chi connectivity index (χ4v) is 3.91. The monoisotopic (exact) mass is 498 g/mol. The van der Waals surface area contributed by atoms with E-state index >= 15 is 0 Å². The zero-order chi connectivity index (χ0) is 18.2. The first kappa shape index (κ1) is 21.7. The Morgan fingerprint density at radius 1 is 1.19 bits per heavy atom. The Hall–Kier alpha value is -1.61. The van der Waals surface area contributed by atoms with Crippen molar-refractivity contribution in [2.45, 2.75) is 18.8 Å². The molecule has 0 bridgehead atoms. The second kappa shape index (κ2) is 11.3. The molecule has 0 saturated carbocycles. The molecule has 1 saturated heterocycles. The number of guanidine groups is 1. The Balaban J connectivity index is 0.00000261. The minimum atomic E-state index is 0. The quantitative estimate of drug-likeness (QED) is 0.277. The van der Waals surface area contributed by atoms with Crippen LogP contribution < -0.4 is 10.6 Å². The maximum Gasteiger partial charge on any atom is 0.261 e. The predicted octanol–water partition coefficient (Wildman–Crippen LogP) is 3.55. The van der Waals surface area contributed by atoms with Crippen molar-refractivity contribution < 1.29 is 4.79 Å². The third kappa shape index (κ3) is 6.21. The van der Waals surface area contributed by atoms with Crippen LogP contribution in [0, 0.1) is 0 Å². The van der Waals surface area contributed by atoms with Crippen molar-refractivity contribution >= 4 is 47.2 Å². The fourth-order valence-electron chi connectivity index (χ4n) is 3.27. The zero-order valence-electron chi connectivity index (χ0n) is 15.6. The van der Waals surface area contributed by atoms with Gasteiger partial charge in [-0.25, -0.2) is 0 Å². The van der Waals surface area contributed by atoms with E-state index in [2.05, 4.69) is 50.9 Å². The smallest absolute Gasteiger partial charge is 0.261 e. The molecule has 2 heterocycles. The van der Waals surface area contributed by atoms with Gasteiger partial charge in [0.2, 0.25) is 0 Å². The van der Waals surface area contributed by atoms with Gasteiger partial charge in [0.05, 0.1) is 4.88 Å². The number of halogens is 1. The number of nitrogens with zero attached hydrogens (tertiary/aromatic N) is 2. The number of likely N-dealkylation sites (tertiary alicyclic amines) is 1. The Morgan fingerprint density at radius 3 is 2.67 bits per heavy atom. The molecule has 3 rings (SSSR count). The van der Waals surface area contributed by atoms with Crippen LogP contribution in [0.15, 0.2) is 52.8 Å². The first-order chi connectivity index (χ1) is 12.8. The summed E-state index contributed by atoms with van der Waals surface area (Å²) in [4.78, 5) is 19.4. The summed E-state index contributed by atoms with van der Waals surface area (Å²) >= 11 is 1.47. The topological polar surface area (TPSA) is 56.7 Å². The van der Waals surface area contributed by atoms with E-state index in [1.807, 2.05) is 24.6 Å². The molecule has 1 atom stereocenters. The van der Waals surface area contributed by atoms with Crippen LogP contribution in [0.3, 0.4) is 0 Å². The maximum absolute atomic E-state index is 11.9. The van der Waals surface area contributed by atoms with Crippen molar-refractivity contribution in [3.63, 3.8) is 0 Å². The first-order valence-corrected chi connectivity index (χ1v) is 9.98. The van der Waals surface area contributed by atoms with Crippen LogP contribution in [0.2, 0.25) is 0 Å². The lowest BCUT2D eigenvalue weighted by Crippen LogP contribution is -2.41. The molecule has 0 aliphatic carbocycles. The van der Waals surface area contributed by atoms with Crippen LogP contribution in [0.5, 0.6) is 0 Å². The highest BCUT2D eigenvalue weighted by atomic mass is 127. The van der Waals surface area contributed by atoms with Crippen molar-refractivity contribution in [2.75, 3.05) is 33.2 Å². The van der Waals surface area contributed by atoms with E-state index in [9.17, 15) is 4.79 Å². The molecule has 1 unspecified atom stereocenters. The van der Waals surface area contributed by atoms with Gasteiger partial charge in [0.15, 0.2) is 5.96 Å². The SMILES string of the molecule is CN=C(NCCCNC(=O)c1cccs1)N1CCC(c2ccccc2)C1.I. The molecule has 1 aliphatic rings. The molecule has 2 N–H and O–H groups in total. The number of nitrogens with one attached hydrogen (secondary N) is 2. The highest BCUT2D eigenvalue weighted by Gasteiger charge is 2.25. The molecule has 2 aromatic rings. The van der Waals surface area contributed by atoms with E-state index in [4.69, 9.17) is 0 Å². The van der Waals surface area contributed by atoms with E-state index < -0.39 is 0 Å². The first-order valence-electron chi connectivity index (χ1n) is 9.10. The summed E-state index contributed by atoms with van der Waals surface area (Å²) in [6.45, 7) is 3.48. The number of thiophene rings is 1. The predicted molar refractivity (Wildman–Crippen MR) is 123 cm³/mol. The molecule has 0 spiro atoms. The molecule has 1 aromatic carbocycles. The van der Waals surface area contributed by atoms with Crippen LogP contribution in [0.1, 0.15) is 34.0 Å². The molecule has 146 valence electrons. The number of aliphatic imine (C=N–C) groups is 1. The lowest BCUT2D eigenvalue weighted by atomic mass is 9.99. The van der Waals surface area contributed by atoms with E-state index in [-0.39, 0.29) is 29.9 Å². The van der Waals surface area contributed by atoms with Crippen molar-refractivity contribution in [2.24, 2.45) is 4.99 Å². The Bertz CT molecular complexity index is 721. The highest BCUT2D eigenvalue weighted by molar-refractivity contribution is 14.0. The molecular weight excluding hydrogens is 471 g/mol. The third-order valence-electron chi connectivity index (χ3n) is 4.64. The number of benzene rings is 1. The van der Waals surface area contributed by atoms with Gasteiger partial charge in [-0.2, -0.15) is 0 Å². The van der Waals surface area contributed by atoms with Crippen molar-refractivity contribution in [3.05, 3.63) is 58.3 Å². The summed E-state index contributed by atoms with van der Waals surface area (Å²) < 4.78 is 0. The van der Waals surface area contributed by atoms with Gasteiger partial charge in [0.1, 0.15) is 0 Å². The second-order valence-corrected chi connectivity index (χ2v) is 7.35. The number of hydrogen-bond acceptors (Lipinski definition) is 3. The minimum absolute atomic E-state index is 0. The van der Waals surface area contributed by atoms with Gasteiger partial charge < -0.3 is 15.5 Å². The standard InChI is InChI=1S/C20H26N4OS.HI/c1-21-20(23-12-6-11-22-19(25)18-9-5-14-26-18)24-13-10-17(15-24)16-7-3-2-4-8-16;/h2-5,7-9,14,17H,6,10-13,15H2,1H3,(H,21,23)(H,22,25);1H. The Labute approximate surface area is 182 Å². The summed E-state index contributed by atoms with van der Waals surface area (Å²) in [5, 5.41) is 8.29. The van der Waals surface area contributed by atoms with Crippen LogP contribution in [-0.2, 0) is 0 Å². The molecule has 1 amide bonds. The molecule has 27 heavy (non-hydrogen) atoms. The van der Waals surface area contributed by atoms with Gasteiger partial charge in [0.25, 0.3) is 5.91 Å². The van der Waals surface area contributed by atoms with E-state index in [1.54, 1.807) is 0 Å². The number of hydrogen-bond donors (Lipinski definition) is 2. The van der Waals surface area contributed by atoms with E-state index in [0.717, 1.165) is 43.3 Å². The molecule has 5 nitrogen and oxygen atoms in total. The number of carbonyl (C=O) groups excluding carboxylic acids is 1. The van der Waals surface area contributed by atoms with Gasteiger partial charge in [-0.15, -0.1) is 35.3 Å². The van der Waals surface area contributed by atoms with E-state index in [0.29, 0.717) is 12.5 Å². The largest absolute Gasteiger partial charge is 0.356 e. The summed E-state index contributed by atoms with van der Waals surface area (Å²) in [6.07, 6.45) is 2.02. The summed E-state index contributed by atoms with van der Waals surface area (Å²) in [6, 6.07) is 14.4. The lowest BCUT2D eigenvalue weighted by molar-refractivity contribution is 0.0957. The van der Waals surface area contributed by atoms with Gasteiger partial charge in [-0.05, 0) is 29.9 Å². The van der Waals surface area contributed by atoms with Crippen LogP contribution >= 0.6 is 35.3 Å². The average molecular weight is 498 g/mol. The molecule has 0 radical (unpaired) electrons. The third-order valence-corrected chi connectivity index (χ3v) is 5.51. The van der Waals surface area contributed by atoms with Crippen molar-refractivity contribution in [3.8, 4) is 0 Å². The van der Waals surface area contributed by atoms with Gasteiger partial charge in [0, 0.05) is 39.1 Å². The number of rotatable bonds is 6. The van der Waals surface area contributed by atoms with Crippen molar-refractivity contribution in [1.29, 1.82) is 0 Å². The lowest BCUT2D eigenvalue weighted by Gasteiger charge is -2.22. The molecular formula is C20H27IN4OS. The van der Waals surface area contributed by atoms with E-state index in [1.165, 1.54) is 16.9 Å². The minimum Gasteiger partial charge on any atom is -0.356 e. The van der Waals surface area contributed by atoms with Crippen LogP contribution in [-0.4, -0.2) is 50.0 Å². The highest BCUT2D eigenvalue weighted by Crippen LogP contribution is 2.26. The maximum atomic E-state index is 11.9. The number of carbonyl (C=O) groups is 1. The molecule has 1 fully saturated rings. The zero-order valence-corrected chi connectivity index (χ0v) is 18.7. The fraction of sp³-hybridized carbons (Fsp3) is 0.400. The average Bonchev–Trinajstić information content (AvgIpc) is 3.37. The van der Waals surface area contributed by atoms with Gasteiger partial charge in [-0.3, -0.25) is 9.79 Å². The van der Waals surface area contributed by atoms with Crippen LogP contribution in [0.25, 0.3) is 0 Å². The van der Waals surface area contributed by atoms with Gasteiger partial charge in [-0.1, -0.05) is 36.4 Å². The van der Waals surface area contributed by atoms with Gasteiger partial charge >= 0.3 is 0 Å². The molecule has 1 aliphatic heterocycles. The molecule has 1 aromatic heterocycles. The van der Waals surface area contributed by atoms with Crippen LogP contribution in [0.4, 0.5) is 0 Å². The summed E-state index contributed by atoms with van der Waals surface area (Å²) in [5.41, 5.74) is 1.40. The Morgan fingerprint density at radius 2 is 1.96 bits per heavy atom. The normalized spacial score (nSPS) is 16.7. The number of amides is 1. The Kier molecular flexibility index (Phi) is 9.06. The molecule has 7 heteroatoms. The second-order valence-electron chi connectivity index (χ2n) is 6.40. The summed E-state index contributed by atoms with van der Waals surface area (Å²) in [5.74, 6) is 1.53. The summed E-state index contributed by atoms with van der Waals surface area (Å²) in [7, 11) is 1.83.